The Morgan fingerprint density at radius 2 is 1.41 bits per heavy atom. The lowest BCUT2D eigenvalue weighted by Crippen LogP contribution is -2.35. The maximum absolute atomic E-state index is 12.6. The molecular weight excluding hydrogens is 450 g/mol. The Bertz CT molecular complexity index is 1100. The van der Waals surface area contributed by atoms with Gasteiger partial charge in [0.2, 0.25) is 0 Å². The highest BCUT2D eigenvalue weighted by Crippen LogP contribution is 2.16. The van der Waals surface area contributed by atoms with Crippen LogP contribution in [0.15, 0.2) is 78.9 Å². The van der Waals surface area contributed by atoms with Gasteiger partial charge in [-0.25, -0.2) is 0 Å². The Labute approximate surface area is 204 Å². The highest BCUT2D eigenvalue weighted by Gasteiger charge is 2.13. The molecule has 0 heterocycles. The minimum atomic E-state index is -0.371. The predicted octanol–water partition coefficient (Wildman–Crippen LogP) is 4.41. The molecule has 34 heavy (non-hydrogen) atoms. The molecule has 0 spiro atoms. The number of thiocarbonyl (C=S) groups is 1. The summed E-state index contributed by atoms with van der Waals surface area (Å²) in [6.45, 7) is 3.34. The van der Waals surface area contributed by atoms with Crippen molar-refractivity contribution in [1.82, 2.24) is 10.6 Å². The average molecular weight is 478 g/mol. The van der Waals surface area contributed by atoms with Gasteiger partial charge < -0.3 is 20.1 Å². The Balaban J connectivity index is 1.48. The zero-order valence-electron chi connectivity index (χ0n) is 18.9. The van der Waals surface area contributed by atoms with Crippen LogP contribution >= 0.6 is 12.2 Å². The van der Waals surface area contributed by atoms with E-state index in [1.807, 2.05) is 37.3 Å². The van der Waals surface area contributed by atoms with E-state index >= 15 is 0 Å². The van der Waals surface area contributed by atoms with Crippen molar-refractivity contribution in [1.29, 1.82) is 0 Å². The Morgan fingerprint density at radius 3 is 2.09 bits per heavy atom. The molecule has 3 rings (SSSR count). The van der Waals surface area contributed by atoms with Crippen molar-refractivity contribution < 1.29 is 19.1 Å². The molecule has 0 saturated carbocycles. The van der Waals surface area contributed by atoms with Gasteiger partial charge in [0, 0.05) is 12.1 Å². The quantitative estimate of drug-likeness (QED) is 0.296. The van der Waals surface area contributed by atoms with Gasteiger partial charge in [0.1, 0.15) is 24.7 Å². The van der Waals surface area contributed by atoms with Crippen LogP contribution in [0.5, 0.6) is 11.5 Å². The van der Waals surface area contributed by atoms with Crippen LogP contribution in [-0.2, 0) is 0 Å². The van der Waals surface area contributed by atoms with Crippen molar-refractivity contribution in [3.05, 3.63) is 90.0 Å². The van der Waals surface area contributed by atoms with Crippen LogP contribution in [0, 0.1) is 0 Å². The van der Waals surface area contributed by atoms with Crippen molar-refractivity contribution in [3.63, 3.8) is 0 Å². The maximum Gasteiger partial charge on any atom is 0.257 e. The number of amides is 2. The Morgan fingerprint density at radius 1 is 0.794 bits per heavy atom. The van der Waals surface area contributed by atoms with Gasteiger partial charge in [0.15, 0.2) is 5.11 Å². The molecule has 0 atom stereocenters. The second-order valence-corrected chi connectivity index (χ2v) is 7.65. The van der Waals surface area contributed by atoms with E-state index in [1.54, 1.807) is 48.5 Å². The van der Waals surface area contributed by atoms with Crippen LogP contribution in [0.1, 0.15) is 34.1 Å². The summed E-state index contributed by atoms with van der Waals surface area (Å²) in [6, 6.07) is 23.2. The number of carbonyl (C=O) groups is 2. The summed E-state index contributed by atoms with van der Waals surface area (Å²) in [5, 5.41) is 8.49. The van der Waals surface area contributed by atoms with Gasteiger partial charge in [-0.1, -0.05) is 37.3 Å². The van der Waals surface area contributed by atoms with Gasteiger partial charge in [-0.2, -0.15) is 0 Å². The Hall–Kier alpha value is -3.91. The number of ether oxygens (including phenoxy) is 2. The molecule has 0 saturated heterocycles. The second-order valence-electron chi connectivity index (χ2n) is 7.24. The van der Waals surface area contributed by atoms with Crippen LogP contribution in [-0.4, -0.2) is 36.7 Å². The van der Waals surface area contributed by atoms with E-state index < -0.39 is 0 Å². The second kappa shape index (κ2) is 13.0. The summed E-state index contributed by atoms with van der Waals surface area (Å²) in [5.74, 6) is 0.834. The first kappa shape index (κ1) is 24.7. The fourth-order valence-electron chi connectivity index (χ4n) is 2.99. The highest BCUT2D eigenvalue weighted by atomic mass is 32.1. The van der Waals surface area contributed by atoms with E-state index in [4.69, 9.17) is 21.7 Å². The smallest absolute Gasteiger partial charge is 0.257 e. The van der Waals surface area contributed by atoms with E-state index in [9.17, 15) is 9.59 Å². The van der Waals surface area contributed by atoms with Gasteiger partial charge in [-0.05, 0) is 67.2 Å². The number of para-hydroxylation sites is 2. The minimum Gasteiger partial charge on any atom is -0.490 e. The number of carbonyl (C=O) groups excluding carboxylic acids is 2. The molecular formula is C26H27N3O4S. The standard InChI is InChI=1S/C26H27N3O4S/c1-2-16-27-25(31)22-10-6-7-11-23(22)28-26(34)29-24(30)19-12-14-21(15-13-19)33-18-17-32-20-8-4-3-5-9-20/h3-15H,2,16-18H2,1H3,(H,27,31)(H2,28,29,30,34). The highest BCUT2D eigenvalue weighted by molar-refractivity contribution is 7.80. The van der Waals surface area contributed by atoms with Crippen LogP contribution in [0.25, 0.3) is 0 Å². The van der Waals surface area contributed by atoms with Crippen molar-refractivity contribution in [3.8, 4) is 11.5 Å². The molecule has 3 aromatic carbocycles. The number of hydrogen-bond donors (Lipinski definition) is 3. The largest absolute Gasteiger partial charge is 0.490 e. The van der Waals surface area contributed by atoms with E-state index in [0.717, 1.165) is 12.2 Å². The molecule has 0 bridgehead atoms. The molecule has 0 fully saturated rings. The maximum atomic E-state index is 12.6. The van der Waals surface area contributed by atoms with Crippen molar-refractivity contribution in [2.45, 2.75) is 13.3 Å². The molecule has 0 radical (unpaired) electrons. The summed E-state index contributed by atoms with van der Waals surface area (Å²) in [6.07, 6.45) is 0.834. The lowest BCUT2D eigenvalue weighted by atomic mass is 10.1. The number of hydrogen-bond acceptors (Lipinski definition) is 5. The molecule has 0 aliphatic rings. The fraction of sp³-hybridized carbons (Fsp3) is 0.192. The molecule has 0 unspecified atom stereocenters. The van der Waals surface area contributed by atoms with Crippen molar-refractivity contribution in [2.24, 2.45) is 0 Å². The van der Waals surface area contributed by atoms with Gasteiger partial charge in [-0.3, -0.25) is 14.9 Å². The number of rotatable bonds is 10. The van der Waals surface area contributed by atoms with Crippen LogP contribution < -0.4 is 25.4 Å². The van der Waals surface area contributed by atoms with Gasteiger partial charge in [-0.15, -0.1) is 0 Å². The average Bonchev–Trinajstić information content (AvgIpc) is 2.86. The number of anilines is 1. The molecule has 0 aromatic heterocycles. The normalized spacial score (nSPS) is 10.1. The van der Waals surface area contributed by atoms with E-state index in [1.165, 1.54) is 0 Å². The van der Waals surface area contributed by atoms with Crippen molar-refractivity contribution in [2.75, 3.05) is 25.1 Å². The first-order valence-corrected chi connectivity index (χ1v) is 11.4. The molecule has 0 aliphatic heterocycles. The van der Waals surface area contributed by atoms with Crippen LogP contribution in [0.3, 0.4) is 0 Å². The van der Waals surface area contributed by atoms with Gasteiger partial charge >= 0.3 is 0 Å². The van der Waals surface area contributed by atoms with Crippen molar-refractivity contribution >= 4 is 34.8 Å². The van der Waals surface area contributed by atoms with E-state index in [0.29, 0.717) is 42.3 Å². The Kier molecular flexibility index (Phi) is 9.42. The van der Waals surface area contributed by atoms with E-state index in [-0.39, 0.29) is 16.9 Å². The fourth-order valence-corrected chi connectivity index (χ4v) is 3.19. The molecule has 3 N–H and O–H groups in total. The van der Waals surface area contributed by atoms with Gasteiger partial charge in [0.25, 0.3) is 11.8 Å². The molecule has 3 aromatic rings. The van der Waals surface area contributed by atoms with Gasteiger partial charge in [0.05, 0.1) is 11.3 Å². The topological polar surface area (TPSA) is 88.7 Å². The predicted molar refractivity (Wildman–Crippen MR) is 137 cm³/mol. The third-order valence-electron chi connectivity index (χ3n) is 4.66. The number of benzene rings is 3. The first-order chi connectivity index (χ1) is 16.6. The summed E-state index contributed by atoms with van der Waals surface area (Å²) in [4.78, 5) is 24.9. The summed E-state index contributed by atoms with van der Waals surface area (Å²) >= 11 is 5.27. The molecule has 0 aliphatic carbocycles. The zero-order valence-corrected chi connectivity index (χ0v) is 19.7. The molecule has 2 amide bonds. The first-order valence-electron chi connectivity index (χ1n) is 11.0. The minimum absolute atomic E-state index is 0.0964. The molecule has 176 valence electrons. The SMILES string of the molecule is CCCNC(=O)c1ccccc1NC(=S)NC(=O)c1ccc(OCCOc2ccccc2)cc1. The summed E-state index contributed by atoms with van der Waals surface area (Å²) in [5.41, 5.74) is 1.39. The summed E-state index contributed by atoms with van der Waals surface area (Å²) < 4.78 is 11.2. The lowest BCUT2D eigenvalue weighted by Gasteiger charge is -2.13. The lowest BCUT2D eigenvalue weighted by molar-refractivity contribution is 0.0952. The monoisotopic (exact) mass is 477 g/mol. The van der Waals surface area contributed by atoms with Crippen LogP contribution in [0.4, 0.5) is 5.69 Å². The van der Waals surface area contributed by atoms with E-state index in [2.05, 4.69) is 16.0 Å². The molecule has 7 nitrogen and oxygen atoms in total. The van der Waals surface area contributed by atoms with Crippen LogP contribution in [0.2, 0.25) is 0 Å². The molecule has 8 heteroatoms. The summed E-state index contributed by atoms with van der Waals surface area (Å²) in [7, 11) is 0. The number of nitrogens with one attached hydrogen (secondary N) is 3. The zero-order chi connectivity index (χ0) is 24.2. The third kappa shape index (κ3) is 7.60. The third-order valence-corrected chi connectivity index (χ3v) is 4.87.